The van der Waals surface area contributed by atoms with Crippen LogP contribution in [0.2, 0.25) is 0 Å². The summed E-state index contributed by atoms with van der Waals surface area (Å²) < 4.78 is 7.41. The first kappa shape index (κ1) is 13.7. The van der Waals surface area contributed by atoms with E-state index in [9.17, 15) is 0 Å². The molecule has 6 nitrogen and oxygen atoms in total. The number of fused-ring (bicyclic) bond motifs is 1. The lowest BCUT2D eigenvalue weighted by molar-refractivity contribution is 0.395. The number of anilines is 2. The number of hydrogen-bond donors (Lipinski definition) is 1. The van der Waals surface area contributed by atoms with E-state index < -0.39 is 0 Å². The van der Waals surface area contributed by atoms with Crippen molar-refractivity contribution in [2.45, 2.75) is 6.54 Å². The Hall–Kier alpha value is -2.28. The zero-order valence-corrected chi connectivity index (χ0v) is 13.0. The van der Waals surface area contributed by atoms with Crippen LogP contribution in [-0.4, -0.2) is 35.6 Å². The number of nitrogens with one attached hydrogen (secondary N) is 1. The van der Waals surface area contributed by atoms with Gasteiger partial charge in [0.1, 0.15) is 5.69 Å². The Morgan fingerprint density at radius 2 is 2.29 bits per heavy atom. The van der Waals surface area contributed by atoms with Crippen molar-refractivity contribution in [2.75, 3.05) is 31.4 Å². The smallest absolute Gasteiger partial charge is 0.238 e. The zero-order chi connectivity index (χ0) is 14.8. The zero-order valence-electron chi connectivity index (χ0n) is 12.2. The molecule has 1 N–H and O–H groups in total. The molecule has 7 heteroatoms. The predicted molar refractivity (Wildman–Crippen MR) is 85.5 cm³/mol. The second-order valence-corrected chi connectivity index (χ2v) is 5.62. The van der Waals surface area contributed by atoms with E-state index in [4.69, 9.17) is 4.74 Å². The van der Waals surface area contributed by atoms with Crippen LogP contribution in [0.15, 0.2) is 29.9 Å². The van der Waals surface area contributed by atoms with Crippen molar-refractivity contribution in [1.82, 2.24) is 14.4 Å². The van der Waals surface area contributed by atoms with Gasteiger partial charge < -0.3 is 15.0 Å². The minimum Gasteiger partial charge on any atom is -0.480 e. The molecule has 0 atom stereocenters. The molecule has 3 aromatic heterocycles. The number of nitrogens with zero attached hydrogens (tertiary/aromatic N) is 4. The lowest BCUT2D eigenvalue weighted by atomic mass is 10.3. The molecule has 0 bridgehead atoms. The minimum atomic E-state index is 0.619. The van der Waals surface area contributed by atoms with Gasteiger partial charge in [-0.15, -0.1) is 11.3 Å². The fourth-order valence-corrected chi connectivity index (χ4v) is 2.93. The molecule has 0 saturated heterocycles. The van der Waals surface area contributed by atoms with Crippen LogP contribution < -0.4 is 15.0 Å². The third kappa shape index (κ3) is 2.52. The van der Waals surface area contributed by atoms with E-state index in [0.717, 1.165) is 22.2 Å². The summed E-state index contributed by atoms with van der Waals surface area (Å²) in [6, 6.07) is 3.93. The van der Waals surface area contributed by atoms with Gasteiger partial charge in [-0.3, -0.25) is 4.40 Å². The standard InChI is InChI=1S/C14H17N5OS/c1-18(2)12-10(5-4-6-15-12)16-9-11-13(20-3)17-14-19(11)7-8-21-14/h4-8,16H,9H2,1-3H3. The van der Waals surface area contributed by atoms with Crippen LogP contribution in [0.3, 0.4) is 0 Å². The number of ether oxygens (including phenoxy) is 1. The molecule has 0 aliphatic heterocycles. The van der Waals surface area contributed by atoms with E-state index >= 15 is 0 Å². The predicted octanol–water partition coefficient (Wildman–Crippen LogP) is 2.48. The van der Waals surface area contributed by atoms with Crippen molar-refractivity contribution in [1.29, 1.82) is 0 Å². The molecule has 0 fully saturated rings. The summed E-state index contributed by atoms with van der Waals surface area (Å²) in [6.45, 7) is 0.619. The van der Waals surface area contributed by atoms with Gasteiger partial charge in [-0.1, -0.05) is 0 Å². The van der Waals surface area contributed by atoms with E-state index in [1.54, 1.807) is 24.6 Å². The van der Waals surface area contributed by atoms with Gasteiger partial charge in [0, 0.05) is 31.9 Å². The molecule has 3 heterocycles. The lowest BCUT2D eigenvalue weighted by Crippen LogP contribution is -2.14. The quantitative estimate of drug-likeness (QED) is 0.785. The van der Waals surface area contributed by atoms with Gasteiger partial charge in [-0.2, -0.15) is 4.98 Å². The van der Waals surface area contributed by atoms with Crippen molar-refractivity contribution < 1.29 is 4.74 Å². The molecule has 3 aromatic rings. The Labute approximate surface area is 127 Å². The highest BCUT2D eigenvalue weighted by Gasteiger charge is 2.14. The molecular weight excluding hydrogens is 286 g/mol. The van der Waals surface area contributed by atoms with Gasteiger partial charge >= 0.3 is 0 Å². The van der Waals surface area contributed by atoms with Gasteiger partial charge in [-0.25, -0.2) is 4.98 Å². The van der Waals surface area contributed by atoms with Gasteiger partial charge in [0.25, 0.3) is 0 Å². The summed E-state index contributed by atoms with van der Waals surface area (Å²) in [7, 11) is 5.60. The summed E-state index contributed by atoms with van der Waals surface area (Å²) in [4.78, 5) is 11.8. The highest BCUT2D eigenvalue weighted by Crippen LogP contribution is 2.26. The van der Waals surface area contributed by atoms with E-state index in [1.165, 1.54) is 0 Å². The number of thiazole rings is 1. The Morgan fingerprint density at radius 3 is 3.05 bits per heavy atom. The fraction of sp³-hybridized carbons (Fsp3) is 0.286. The van der Waals surface area contributed by atoms with Crippen molar-refractivity contribution in [3.05, 3.63) is 35.6 Å². The summed E-state index contributed by atoms with van der Waals surface area (Å²) in [5, 5.41) is 5.43. The van der Waals surface area contributed by atoms with Crippen LogP contribution in [0.25, 0.3) is 4.96 Å². The van der Waals surface area contributed by atoms with Crippen molar-refractivity contribution >= 4 is 27.8 Å². The fourth-order valence-electron chi connectivity index (χ4n) is 2.21. The average molecular weight is 303 g/mol. The number of imidazole rings is 1. The first-order valence-electron chi connectivity index (χ1n) is 6.55. The average Bonchev–Trinajstić information content (AvgIpc) is 3.06. The molecule has 0 aliphatic rings. The molecule has 0 radical (unpaired) electrons. The van der Waals surface area contributed by atoms with Crippen LogP contribution in [0.1, 0.15) is 5.69 Å². The summed E-state index contributed by atoms with van der Waals surface area (Å²) >= 11 is 1.59. The molecule has 0 unspecified atom stereocenters. The first-order chi connectivity index (χ1) is 10.2. The van der Waals surface area contributed by atoms with E-state index in [0.29, 0.717) is 12.4 Å². The number of aromatic nitrogens is 3. The minimum absolute atomic E-state index is 0.619. The molecule has 0 spiro atoms. The van der Waals surface area contributed by atoms with Crippen molar-refractivity contribution in [3.8, 4) is 5.88 Å². The lowest BCUT2D eigenvalue weighted by Gasteiger charge is -2.16. The molecule has 0 aromatic carbocycles. The van der Waals surface area contributed by atoms with E-state index in [1.807, 2.05) is 47.1 Å². The molecular formula is C14H17N5OS. The second-order valence-electron chi connectivity index (χ2n) is 4.75. The van der Waals surface area contributed by atoms with Crippen LogP contribution >= 0.6 is 11.3 Å². The Bertz CT molecular complexity index is 749. The van der Waals surface area contributed by atoms with Gasteiger partial charge in [-0.05, 0) is 12.1 Å². The molecule has 21 heavy (non-hydrogen) atoms. The normalized spacial score (nSPS) is 10.8. The maximum Gasteiger partial charge on any atom is 0.238 e. The Kier molecular flexibility index (Phi) is 3.66. The van der Waals surface area contributed by atoms with Gasteiger partial charge in [0.05, 0.1) is 19.3 Å². The molecule has 3 rings (SSSR count). The molecule has 110 valence electrons. The summed E-state index contributed by atoms with van der Waals surface area (Å²) in [5.41, 5.74) is 1.98. The molecule has 0 saturated carbocycles. The third-order valence-electron chi connectivity index (χ3n) is 3.17. The second kappa shape index (κ2) is 5.61. The van der Waals surface area contributed by atoms with Crippen molar-refractivity contribution in [2.24, 2.45) is 0 Å². The Balaban J connectivity index is 1.88. The topological polar surface area (TPSA) is 54.7 Å². The Morgan fingerprint density at radius 1 is 1.43 bits per heavy atom. The summed E-state index contributed by atoms with van der Waals surface area (Å²) in [6.07, 6.45) is 3.79. The van der Waals surface area contributed by atoms with Crippen LogP contribution in [-0.2, 0) is 6.54 Å². The van der Waals surface area contributed by atoms with Crippen LogP contribution in [0.4, 0.5) is 11.5 Å². The first-order valence-corrected chi connectivity index (χ1v) is 7.43. The van der Waals surface area contributed by atoms with Crippen molar-refractivity contribution in [3.63, 3.8) is 0 Å². The largest absolute Gasteiger partial charge is 0.480 e. The number of hydrogen-bond acceptors (Lipinski definition) is 6. The monoisotopic (exact) mass is 303 g/mol. The van der Waals surface area contributed by atoms with Crippen LogP contribution in [0, 0.1) is 0 Å². The number of methoxy groups -OCH3 is 1. The van der Waals surface area contributed by atoms with Crippen LogP contribution in [0.5, 0.6) is 5.88 Å². The highest BCUT2D eigenvalue weighted by atomic mass is 32.1. The maximum atomic E-state index is 5.36. The number of pyridine rings is 1. The SMILES string of the molecule is COc1nc2sccn2c1CNc1cccnc1N(C)C. The highest BCUT2D eigenvalue weighted by molar-refractivity contribution is 7.15. The maximum absolute atomic E-state index is 5.36. The summed E-state index contributed by atoms with van der Waals surface area (Å²) in [5.74, 6) is 1.56. The number of rotatable bonds is 5. The third-order valence-corrected chi connectivity index (χ3v) is 3.93. The van der Waals surface area contributed by atoms with Gasteiger partial charge in [0.15, 0.2) is 10.8 Å². The molecule has 0 aliphatic carbocycles. The van der Waals surface area contributed by atoms with E-state index in [2.05, 4.69) is 15.3 Å². The van der Waals surface area contributed by atoms with E-state index in [-0.39, 0.29) is 0 Å². The molecule has 0 amide bonds. The van der Waals surface area contributed by atoms with Gasteiger partial charge in [0.2, 0.25) is 5.88 Å².